The molecule has 1 N–H and O–H groups in total. The molecule has 1 aromatic rings. The largest absolute Gasteiger partial charge is 0.481 e. The summed E-state index contributed by atoms with van der Waals surface area (Å²) in [5.41, 5.74) is 1.59. The van der Waals surface area contributed by atoms with Crippen LogP contribution >= 0.6 is 0 Å². The second-order valence-corrected chi connectivity index (χ2v) is 5.60. The van der Waals surface area contributed by atoms with E-state index in [9.17, 15) is 0 Å². The van der Waals surface area contributed by atoms with Crippen LogP contribution in [0.5, 0.6) is 5.88 Å². The van der Waals surface area contributed by atoms with Crippen molar-refractivity contribution >= 4 is 5.69 Å². The highest BCUT2D eigenvalue weighted by Gasteiger charge is 2.47. The van der Waals surface area contributed by atoms with Crippen LogP contribution in [0.1, 0.15) is 31.2 Å². The summed E-state index contributed by atoms with van der Waals surface area (Å²) >= 11 is 0. The van der Waals surface area contributed by atoms with Crippen LogP contribution in [0.15, 0.2) is 12.3 Å². The quantitative estimate of drug-likeness (QED) is 0.912. The van der Waals surface area contributed by atoms with Crippen LogP contribution in [0.2, 0.25) is 0 Å². The van der Waals surface area contributed by atoms with Gasteiger partial charge < -0.3 is 14.8 Å². The minimum absolute atomic E-state index is 0.239. The van der Waals surface area contributed by atoms with E-state index in [-0.39, 0.29) is 5.41 Å². The fraction of sp³-hybridized carbons (Fsp3) is 0.600. The van der Waals surface area contributed by atoms with Crippen molar-refractivity contribution in [2.24, 2.45) is 5.41 Å². The Labute approximate surface area is 118 Å². The maximum absolute atomic E-state index is 9.16. The molecule has 106 valence electrons. The molecule has 0 bridgehead atoms. The molecule has 5 nitrogen and oxygen atoms in total. The standard InChI is InChI=1S/C15H19N3O2/c1-19-14-7-12(11(8-16)9-17-14)18-10-15-4-2-3-13(15)20-6-5-15/h7,9,13H,2-6,10H2,1H3,(H,17,18). The molecule has 1 aliphatic carbocycles. The van der Waals surface area contributed by atoms with E-state index in [0.717, 1.165) is 31.7 Å². The first-order valence-corrected chi connectivity index (χ1v) is 7.07. The zero-order valence-electron chi connectivity index (χ0n) is 11.7. The van der Waals surface area contributed by atoms with Crippen molar-refractivity contribution in [3.63, 3.8) is 0 Å². The summed E-state index contributed by atoms with van der Waals surface area (Å²) < 4.78 is 11.0. The third-order valence-electron chi connectivity index (χ3n) is 4.58. The van der Waals surface area contributed by atoms with E-state index in [1.807, 2.05) is 0 Å². The number of anilines is 1. The molecule has 0 amide bonds. The summed E-state index contributed by atoms with van der Waals surface area (Å²) in [6, 6.07) is 3.95. The van der Waals surface area contributed by atoms with Crippen molar-refractivity contribution in [3.05, 3.63) is 17.8 Å². The van der Waals surface area contributed by atoms with Crippen LogP contribution in [0.3, 0.4) is 0 Å². The summed E-state index contributed by atoms with van der Waals surface area (Å²) in [5.74, 6) is 0.523. The van der Waals surface area contributed by atoms with Crippen molar-refractivity contribution < 1.29 is 9.47 Å². The lowest BCUT2D eigenvalue weighted by atomic mass is 9.82. The van der Waals surface area contributed by atoms with Crippen LogP contribution in [0.4, 0.5) is 5.69 Å². The van der Waals surface area contributed by atoms with Gasteiger partial charge in [0.05, 0.1) is 30.7 Å². The predicted octanol–water partition coefficient (Wildman–Crippen LogP) is 2.33. The summed E-state index contributed by atoms with van der Waals surface area (Å²) in [7, 11) is 1.58. The summed E-state index contributed by atoms with van der Waals surface area (Å²) in [6.07, 6.45) is 6.63. The number of nitrogens with one attached hydrogen (secondary N) is 1. The van der Waals surface area contributed by atoms with Gasteiger partial charge in [-0.1, -0.05) is 6.42 Å². The number of nitriles is 1. The lowest BCUT2D eigenvalue weighted by Gasteiger charge is -2.28. The highest BCUT2D eigenvalue weighted by atomic mass is 16.5. The highest BCUT2D eigenvalue weighted by molar-refractivity contribution is 5.58. The molecule has 0 aromatic carbocycles. The molecule has 3 rings (SSSR count). The van der Waals surface area contributed by atoms with Crippen molar-refractivity contribution in [2.45, 2.75) is 31.8 Å². The normalized spacial score (nSPS) is 27.9. The van der Waals surface area contributed by atoms with Crippen molar-refractivity contribution in [3.8, 4) is 11.9 Å². The van der Waals surface area contributed by atoms with Gasteiger partial charge in [-0.3, -0.25) is 0 Å². The second-order valence-electron chi connectivity index (χ2n) is 5.60. The molecule has 2 aliphatic rings. The van der Waals surface area contributed by atoms with E-state index in [1.54, 1.807) is 19.4 Å². The molecule has 1 saturated carbocycles. The zero-order valence-corrected chi connectivity index (χ0v) is 11.7. The molecule has 20 heavy (non-hydrogen) atoms. The Bertz CT molecular complexity index is 528. The van der Waals surface area contributed by atoms with E-state index in [0.29, 0.717) is 17.5 Å². The molecule has 1 aromatic heterocycles. The van der Waals surface area contributed by atoms with Crippen LogP contribution in [-0.4, -0.2) is 31.3 Å². The van der Waals surface area contributed by atoms with Gasteiger partial charge in [0.15, 0.2) is 0 Å². The zero-order chi connectivity index (χ0) is 14.0. The lowest BCUT2D eigenvalue weighted by Crippen LogP contribution is -2.33. The number of ether oxygens (including phenoxy) is 2. The fourth-order valence-electron chi connectivity index (χ4n) is 3.40. The van der Waals surface area contributed by atoms with Gasteiger partial charge in [0.1, 0.15) is 6.07 Å². The molecule has 0 spiro atoms. The molecule has 2 atom stereocenters. The number of methoxy groups -OCH3 is 1. The molecule has 0 radical (unpaired) electrons. The highest BCUT2D eigenvalue weighted by Crippen LogP contribution is 2.47. The Morgan fingerprint density at radius 2 is 2.50 bits per heavy atom. The molecule has 1 saturated heterocycles. The SMILES string of the molecule is COc1cc(NCC23CCCC2OCC3)c(C#N)cn1. The Kier molecular flexibility index (Phi) is 3.49. The third-order valence-corrected chi connectivity index (χ3v) is 4.58. The predicted molar refractivity (Wildman–Crippen MR) is 74.6 cm³/mol. The van der Waals surface area contributed by atoms with Crippen LogP contribution < -0.4 is 10.1 Å². The molecule has 2 unspecified atom stereocenters. The van der Waals surface area contributed by atoms with E-state index >= 15 is 0 Å². The Hall–Kier alpha value is -1.80. The minimum Gasteiger partial charge on any atom is -0.481 e. The van der Waals surface area contributed by atoms with E-state index in [1.165, 1.54) is 12.8 Å². The number of aromatic nitrogens is 1. The van der Waals surface area contributed by atoms with Gasteiger partial charge in [0, 0.05) is 24.6 Å². The Balaban J connectivity index is 1.76. The van der Waals surface area contributed by atoms with Crippen LogP contribution in [0, 0.1) is 16.7 Å². The smallest absolute Gasteiger partial charge is 0.215 e. The molecule has 5 heteroatoms. The summed E-state index contributed by atoms with van der Waals surface area (Å²) in [6.45, 7) is 1.70. The number of pyridine rings is 1. The molecule has 1 aliphatic heterocycles. The van der Waals surface area contributed by atoms with Crippen molar-refractivity contribution in [1.82, 2.24) is 4.98 Å². The van der Waals surface area contributed by atoms with Gasteiger partial charge in [0.25, 0.3) is 0 Å². The minimum atomic E-state index is 0.239. The van der Waals surface area contributed by atoms with Crippen molar-refractivity contribution in [1.29, 1.82) is 5.26 Å². The number of nitrogens with zero attached hydrogens (tertiary/aromatic N) is 2. The first kappa shape index (κ1) is 13.2. The van der Waals surface area contributed by atoms with E-state index < -0.39 is 0 Å². The van der Waals surface area contributed by atoms with Gasteiger partial charge in [-0.15, -0.1) is 0 Å². The van der Waals surface area contributed by atoms with E-state index in [4.69, 9.17) is 14.7 Å². The molecule has 2 heterocycles. The number of rotatable bonds is 4. The Morgan fingerprint density at radius 1 is 1.60 bits per heavy atom. The molecule has 2 fully saturated rings. The number of fused-ring (bicyclic) bond motifs is 1. The summed E-state index contributed by atoms with van der Waals surface area (Å²) in [5, 5.41) is 12.6. The maximum Gasteiger partial charge on any atom is 0.215 e. The van der Waals surface area contributed by atoms with Crippen LogP contribution in [-0.2, 0) is 4.74 Å². The maximum atomic E-state index is 9.16. The third kappa shape index (κ3) is 2.20. The average molecular weight is 273 g/mol. The second kappa shape index (κ2) is 5.29. The molecular weight excluding hydrogens is 254 g/mol. The summed E-state index contributed by atoms with van der Waals surface area (Å²) in [4.78, 5) is 4.06. The monoisotopic (exact) mass is 273 g/mol. The fourth-order valence-corrected chi connectivity index (χ4v) is 3.40. The Morgan fingerprint density at radius 3 is 3.30 bits per heavy atom. The van der Waals surface area contributed by atoms with Gasteiger partial charge in [0.2, 0.25) is 5.88 Å². The number of hydrogen-bond acceptors (Lipinski definition) is 5. The van der Waals surface area contributed by atoms with Gasteiger partial charge >= 0.3 is 0 Å². The average Bonchev–Trinajstić information content (AvgIpc) is 3.04. The molecular formula is C15H19N3O2. The van der Waals surface area contributed by atoms with Gasteiger partial charge in [-0.2, -0.15) is 5.26 Å². The van der Waals surface area contributed by atoms with Gasteiger partial charge in [-0.05, 0) is 19.3 Å². The van der Waals surface area contributed by atoms with Crippen molar-refractivity contribution in [2.75, 3.05) is 25.6 Å². The van der Waals surface area contributed by atoms with Gasteiger partial charge in [-0.25, -0.2) is 4.98 Å². The van der Waals surface area contributed by atoms with Crippen LogP contribution in [0.25, 0.3) is 0 Å². The lowest BCUT2D eigenvalue weighted by molar-refractivity contribution is 0.0750. The number of hydrogen-bond donors (Lipinski definition) is 1. The van der Waals surface area contributed by atoms with E-state index in [2.05, 4.69) is 16.4 Å². The topological polar surface area (TPSA) is 67.2 Å². The first-order valence-electron chi connectivity index (χ1n) is 7.07. The first-order chi connectivity index (χ1) is 9.77.